The van der Waals surface area contributed by atoms with E-state index in [9.17, 15) is 9.59 Å². The molecule has 0 saturated heterocycles. The molecule has 5 nitrogen and oxygen atoms in total. The number of carboxylic acids is 1. The van der Waals surface area contributed by atoms with Gasteiger partial charge >= 0.3 is 5.97 Å². The van der Waals surface area contributed by atoms with E-state index in [1.165, 1.54) is 5.56 Å². The molecule has 0 spiro atoms. The maximum Gasteiger partial charge on any atom is 0.320 e. The fourth-order valence-electron chi connectivity index (χ4n) is 2.15. The zero-order chi connectivity index (χ0) is 16.5. The van der Waals surface area contributed by atoms with Crippen LogP contribution in [0.5, 0.6) is 0 Å². The van der Waals surface area contributed by atoms with Crippen molar-refractivity contribution in [2.24, 2.45) is 0 Å². The van der Waals surface area contributed by atoms with Gasteiger partial charge in [-0.2, -0.15) is 0 Å². The highest BCUT2D eigenvalue weighted by molar-refractivity contribution is 5.92. The SMILES string of the molecule is CCCC(NCC(=O)Nc1ccc(C(C)CC)cc1)C(=O)O.Cl. The van der Waals surface area contributed by atoms with Gasteiger partial charge in [0.25, 0.3) is 0 Å². The first-order valence-electron chi connectivity index (χ1n) is 7.83. The second kappa shape index (κ2) is 11.0. The second-order valence-corrected chi connectivity index (χ2v) is 5.54. The molecule has 1 aromatic carbocycles. The Balaban J connectivity index is 0.00000484. The minimum Gasteiger partial charge on any atom is -0.480 e. The van der Waals surface area contributed by atoms with Crippen molar-refractivity contribution in [3.05, 3.63) is 29.8 Å². The zero-order valence-corrected chi connectivity index (χ0v) is 14.8. The number of carbonyl (C=O) groups is 2. The van der Waals surface area contributed by atoms with E-state index < -0.39 is 12.0 Å². The van der Waals surface area contributed by atoms with Crippen LogP contribution in [0.25, 0.3) is 0 Å². The van der Waals surface area contributed by atoms with Crippen LogP contribution >= 0.6 is 12.4 Å². The van der Waals surface area contributed by atoms with Crippen LogP contribution < -0.4 is 10.6 Å². The lowest BCUT2D eigenvalue weighted by Crippen LogP contribution is -2.41. The van der Waals surface area contributed by atoms with Gasteiger partial charge in [0, 0.05) is 5.69 Å². The largest absolute Gasteiger partial charge is 0.480 e. The molecule has 3 N–H and O–H groups in total. The lowest BCUT2D eigenvalue weighted by Gasteiger charge is -2.14. The Morgan fingerprint density at radius 2 is 1.78 bits per heavy atom. The number of anilines is 1. The molecule has 23 heavy (non-hydrogen) atoms. The van der Waals surface area contributed by atoms with Crippen molar-refractivity contribution in [2.75, 3.05) is 11.9 Å². The summed E-state index contributed by atoms with van der Waals surface area (Å²) in [6.45, 7) is 6.21. The first-order valence-corrected chi connectivity index (χ1v) is 7.83. The molecular weight excluding hydrogens is 316 g/mol. The maximum atomic E-state index is 11.9. The molecular formula is C17H27ClN2O3. The van der Waals surface area contributed by atoms with Crippen molar-refractivity contribution in [1.82, 2.24) is 5.32 Å². The topological polar surface area (TPSA) is 78.4 Å². The van der Waals surface area contributed by atoms with Crippen LogP contribution in [0, 0.1) is 0 Å². The normalized spacial score (nSPS) is 12.8. The number of hydrogen-bond donors (Lipinski definition) is 3. The van der Waals surface area contributed by atoms with Gasteiger partial charge in [0.05, 0.1) is 6.54 Å². The Morgan fingerprint density at radius 3 is 2.26 bits per heavy atom. The number of carboxylic acid groups (broad SMARTS) is 1. The second-order valence-electron chi connectivity index (χ2n) is 5.54. The van der Waals surface area contributed by atoms with Crippen molar-refractivity contribution in [2.45, 2.75) is 52.0 Å². The van der Waals surface area contributed by atoms with Crippen LogP contribution in [0.4, 0.5) is 5.69 Å². The van der Waals surface area contributed by atoms with Gasteiger partial charge in [-0.25, -0.2) is 0 Å². The van der Waals surface area contributed by atoms with E-state index in [1.807, 2.05) is 31.2 Å². The predicted octanol–water partition coefficient (Wildman–Crippen LogP) is 3.40. The highest BCUT2D eigenvalue weighted by Gasteiger charge is 2.16. The van der Waals surface area contributed by atoms with Crippen LogP contribution in [0.15, 0.2) is 24.3 Å². The Hall–Kier alpha value is -1.59. The monoisotopic (exact) mass is 342 g/mol. The average Bonchev–Trinajstić information content (AvgIpc) is 2.51. The van der Waals surface area contributed by atoms with Gasteiger partial charge < -0.3 is 10.4 Å². The average molecular weight is 343 g/mol. The summed E-state index contributed by atoms with van der Waals surface area (Å²) in [6, 6.07) is 7.09. The summed E-state index contributed by atoms with van der Waals surface area (Å²) in [7, 11) is 0. The first-order chi connectivity index (χ1) is 10.5. The van der Waals surface area contributed by atoms with Gasteiger partial charge in [0.2, 0.25) is 5.91 Å². The van der Waals surface area contributed by atoms with Crippen LogP contribution in [0.3, 0.4) is 0 Å². The highest BCUT2D eigenvalue weighted by Crippen LogP contribution is 2.20. The maximum absolute atomic E-state index is 11.9. The highest BCUT2D eigenvalue weighted by atomic mass is 35.5. The van der Waals surface area contributed by atoms with E-state index in [4.69, 9.17) is 5.11 Å². The third-order valence-electron chi connectivity index (χ3n) is 3.76. The van der Waals surface area contributed by atoms with Gasteiger partial charge in [-0.05, 0) is 36.5 Å². The number of benzene rings is 1. The zero-order valence-electron chi connectivity index (χ0n) is 14.0. The number of hydrogen-bond acceptors (Lipinski definition) is 3. The van der Waals surface area contributed by atoms with Gasteiger partial charge in [0.1, 0.15) is 6.04 Å². The summed E-state index contributed by atoms with van der Waals surface area (Å²) >= 11 is 0. The quantitative estimate of drug-likeness (QED) is 0.642. The molecule has 1 rings (SSSR count). The number of carbonyl (C=O) groups excluding carboxylic acids is 1. The Morgan fingerprint density at radius 1 is 1.17 bits per heavy atom. The molecule has 6 heteroatoms. The molecule has 2 unspecified atom stereocenters. The summed E-state index contributed by atoms with van der Waals surface area (Å²) in [5.41, 5.74) is 1.97. The lowest BCUT2D eigenvalue weighted by atomic mass is 9.99. The van der Waals surface area contributed by atoms with Crippen LogP contribution in [0.2, 0.25) is 0 Å². The number of halogens is 1. The van der Waals surface area contributed by atoms with Crippen molar-refractivity contribution >= 4 is 30.0 Å². The number of aliphatic carboxylic acids is 1. The van der Waals surface area contributed by atoms with E-state index in [-0.39, 0.29) is 24.9 Å². The van der Waals surface area contributed by atoms with Crippen molar-refractivity contribution in [3.8, 4) is 0 Å². The molecule has 2 atom stereocenters. The molecule has 0 aliphatic heterocycles. The predicted molar refractivity (Wildman–Crippen MR) is 95.4 cm³/mol. The Kier molecular flexibility index (Phi) is 10.3. The number of rotatable bonds is 9. The standard InChI is InChI=1S/C17H26N2O3.ClH/c1-4-6-15(17(21)22)18-11-16(20)19-14-9-7-13(8-10-14)12(3)5-2;/h7-10,12,15,18H,4-6,11H2,1-3H3,(H,19,20)(H,21,22);1H. The van der Waals surface area contributed by atoms with Gasteiger partial charge in [-0.15, -0.1) is 12.4 Å². The summed E-state index contributed by atoms with van der Waals surface area (Å²) in [5, 5.41) is 14.6. The fourth-order valence-corrected chi connectivity index (χ4v) is 2.15. The molecule has 0 aliphatic rings. The summed E-state index contributed by atoms with van der Waals surface area (Å²) in [6.07, 6.45) is 2.33. The fraction of sp³-hybridized carbons (Fsp3) is 0.529. The molecule has 0 saturated carbocycles. The molecule has 0 bridgehead atoms. The van der Waals surface area contributed by atoms with E-state index >= 15 is 0 Å². The molecule has 0 aromatic heterocycles. The van der Waals surface area contributed by atoms with Crippen LogP contribution in [-0.4, -0.2) is 29.6 Å². The van der Waals surface area contributed by atoms with Gasteiger partial charge in [-0.3, -0.25) is 14.9 Å². The summed E-state index contributed by atoms with van der Waals surface area (Å²) < 4.78 is 0. The number of nitrogens with one attached hydrogen (secondary N) is 2. The lowest BCUT2D eigenvalue weighted by molar-refractivity contribution is -0.139. The Labute approximate surface area is 144 Å². The van der Waals surface area contributed by atoms with Crippen molar-refractivity contribution in [1.29, 1.82) is 0 Å². The van der Waals surface area contributed by atoms with E-state index in [2.05, 4.69) is 24.5 Å². The summed E-state index contributed by atoms with van der Waals surface area (Å²) in [4.78, 5) is 22.8. The molecule has 0 heterocycles. The third-order valence-corrected chi connectivity index (χ3v) is 3.76. The van der Waals surface area contributed by atoms with Crippen LogP contribution in [0.1, 0.15) is 51.5 Å². The minimum absolute atomic E-state index is 0. The Bertz CT molecular complexity index is 491. The molecule has 1 aromatic rings. The third kappa shape index (κ3) is 7.48. The molecule has 1 amide bonds. The van der Waals surface area contributed by atoms with Crippen molar-refractivity contribution in [3.63, 3.8) is 0 Å². The molecule has 0 aliphatic carbocycles. The molecule has 0 fully saturated rings. The van der Waals surface area contributed by atoms with Crippen LogP contribution in [-0.2, 0) is 9.59 Å². The smallest absolute Gasteiger partial charge is 0.320 e. The van der Waals surface area contributed by atoms with Gasteiger partial charge in [0.15, 0.2) is 0 Å². The van der Waals surface area contributed by atoms with Crippen molar-refractivity contribution < 1.29 is 14.7 Å². The first kappa shape index (κ1) is 21.4. The summed E-state index contributed by atoms with van der Waals surface area (Å²) in [5.74, 6) is -0.664. The molecule has 130 valence electrons. The number of amides is 1. The van der Waals surface area contributed by atoms with E-state index in [0.717, 1.165) is 18.5 Å². The van der Waals surface area contributed by atoms with E-state index in [0.29, 0.717) is 12.3 Å². The van der Waals surface area contributed by atoms with Gasteiger partial charge in [-0.1, -0.05) is 39.3 Å². The van der Waals surface area contributed by atoms with E-state index in [1.54, 1.807) is 0 Å². The molecule has 0 radical (unpaired) electrons. The minimum atomic E-state index is -0.924.